The lowest BCUT2D eigenvalue weighted by Gasteiger charge is -2.17. The molecule has 1 aliphatic rings. The molecule has 1 N–H and O–H groups in total. The Morgan fingerprint density at radius 1 is 1.17 bits per heavy atom. The van der Waals surface area contributed by atoms with Crippen molar-refractivity contribution in [2.75, 3.05) is 13.2 Å². The fourth-order valence-electron chi connectivity index (χ4n) is 3.07. The molecule has 0 unspecified atom stereocenters. The number of aryl methyl sites for hydroxylation is 1. The molecule has 0 saturated carbocycles. The summed E-state index contributed by atoms with van der Waals surface area (Å²) in [4.78, 5) is 39.8. The molecule has 2 aromatic carbocycles. The van der Waals surface area contributed by atoms with E-state index >= 15 is 0 Å². The number of hydrogen-bond donors (Lipinski definition) is 1. The van der Waals surface area contributed by atoms with E-state index < -0.39 is 28.3 Å². The van der Waals surface area contributed by atoms with Crippen molar-refractivity contribution in [3.8, 4) is 11.5 Å². The number of nitrogens with zero attached hydrogens (tertiary/aromatic N) is 2. The van der Waals surface area contributed by atoms with Gasteiger partial charge in [0.25, 0.3) is 11.6 Å². The Kier molecular flexibility index (Phi) is 7.92. The quantitative estimate of drug-likeness (QED) is 0.339. The number of hydrogen-bond acceptors (Lipinski definition) is 9. The van der Waals surface area contributed by atoms with Crippen LogP contribution in [0, 0.1) is 17.0 Å². The summed E-state index contributed by atoms with van der Waals surface area (Å²) in [6, 6.07) is 8.66. The Bertz CT molecular complexity index is 1280. The van der Waals surface area contributed by atoms with Gasteiger partial charge < -0.3 is 19.7 Å². The molecular weight excluding hydrogens is 476 g/mol. The van der Waals surface area contributed by atoms with Gasteiger partial charge in [-0.2, -0.15) is 0 Å². The van der Waals surface area contributed by atoms with Gasteiger partial charge in [0.1, 0.15) is 22.1 Å². The van der Waals surface area contributed by atoms with Gasteiger partial charge in [-0.15, -0.1) is 0 Å². The second kappa shape index (κ2) is 10.9. The number of rotatable bonds is 7. The first kappa shape index (κ1) is 25.5. The van der Waals surface area contributed by atoms with Crippen LogP contribution in [-0.4, -0.2) is 40.2 Å². The number of esters is 1. The highest BCUT2D eigenvalue weighted by molar-refractivity contribution is 8.18. The van der Waals surface area contributed by atoms with Crippen LogP contribution in [0.5, 0.6) is 11.5 Å². The van der Waals surface area contributed by atoms with E-state index in [9.17, 15) is 29.9 Å². The van der Waals surface area contributed by atoms with Gasteiger partial charge in [0, 0.05) is 11.6 Å². The molecule has 0 atom stereocenters. The van der Waals surface area contributed by atoms with E-state index in [-0.39, 0.29) is 51.3 Å². The van der Waals surface area contributed by atoms with Crippen LogP contribution in [0.1, 0.15) is 35.3 Å². The number of amides is 1. The number of nitro groups is 1. The zero-order valence-electron chi connectivity index (χ0n) is 19.1. The van der Waals surface area contributed by atoms with E-state index in [1.165, 1.54) is 6.08 Å². The van der Waals surface area contributed by atoms with Gasteiger partial charge >= 0.3 is 5.97 Å². The van der Waals surface area contributed by atoms with Crippen LogP contribution in [0.4, 0.5) is 5.69 Å². The summed E-state index contributed by atoms with van der Waals surface area (Å²) in [6.45, 7) is 5.17. The van der Waals surface area contributed by atoms with E-state index in [0.717, 1.165) is 29.5 Å². The predicted octanol–water partition coefficient (Wildman–Crippen LogP) is 4.08. The average Bonchev–Trinajstić information content (AvgIpc) is 3.11. The molecule has 0 bridgehead atoms. The number of benzene rings is 2. The molecule has 0 spiro atoms. The molecular formula is C24H21N2O8S-. The second-order valence-electron chi connectivity index (χ2n) is 7.20. The fraction of sp³-hybridized carbons (Fsp3) is 0.208. The van der Waals surface area contributed by atoms with Crippen molar-refractivity contribution >= 4 is 40.4 Å². The summed E-state index contributed by atoms with van der Waals surface area (Å²) in [7, 11) is 0. The smallest absolute Gasteiger partial charge is 0.344 e. The number of thioether (sulfide) groups is 1. The zero-order valence-corrected chi connectivity index (χ0v) is 19.9. The van der Waals surface area contributed by atoms with E-state index in [0.29, 0.717) is 0 Å². The summed E-state index contributed by atoms with van der Waals surface area (Å²) in [5, 5.41) is 34.7. The highest BCUT2D eigenvalue weighted by atomic mass is 32.2. The molecule has 1 amide bonds. The Morgan fingerprint density at radius 3 is 2.46 bits per heavy atom. The average molecular weight is 498 g/mol. The molecule has 0 aliphatic carbocycles. The van der Waals surface area contributed by atoms with Crippen LogP contribution in [0.15, 0.2) is 57.6 Å². The van der Waals surface area contributed by atoms with Crippen molar-refractivity contribution in [3.63, 3.8) is 0 Å². The van der Waals surface area contributed by atoms with Crippen LogP contribution in [0.2, 0.25) is 0 Å². The van der Waals surface area contributed by atoms with E-state index in [1.807, 2.05) is 6.92 Å². The minimum Gasteiger partial charge on any atom is -0.870 e. The molecule has 11 heteroatoms. The van der Waals surface area contributed by atoms with Crippen molar-refractivity contribution in [2.45, 2.75) is 20.8 Å². The van der Waals surface area contributed by atoms with Gasteiger partial charge in [-0.1, -0.05) is 35.2 Å². The molecule has 2 aromatic rings. The van der Waals surface area contributed by atoms with Crippen molar-refractivity contribution in [2.24, 2.45) is 4.99 Å². The van der Waals surface area contributed by atoms with Crippen molar-refractivity contribution in [1.29, 1.82) is 0 Å². The van der Waals surface area contributed by atoms with Crippen LogP contribution in [-0.2, 0) is 9.53 Å². The normalized spacial score (nSPS) is 15.5. The SMILES string of the molecule is CCOC(=O)C1=C(O)/C(=C\c2cc([N+](=O)[O-])cc(OCC)c2[O-])SC1=NC(=O)c1ccc(C)cc1. The monoisotopic (exact) mass is 497 g/mol. The summed E-state index contributed by atoms with van der Waals surface area (Å²) in [5.41, 5.74) is 0.333. The maximum Gasteiger partial charge on any atom is 0.344 e. The van der Waals surface area contributed by atoms with Crippen LogP contribution in [0.25, 0.3) is 6.08 Å². The topological polar surface area (TPSA) is 151 Å². The Balaban J connectivity index is 2.10. The predicted molar refractivity (Wildman–Crippen MR) is 129 cm³/mol. The summed E-state index contributed by atoms with van der Waals surface area (Å²) in [5.74, 6) is -2.99. The number of carbonyl (C=O) groups is 2. The summed E-state index contributed by atoms with van der Waals surface area (Å²) >= 11 is 0.760. The summed E-state index contributed by atoms with van der Waals surface area (Å²) in [6.07, 6.45) is 1.18. The number of aliphatic hydroxyl groups is 1. The lowest BCUT2D eigenvalue weighted by molar-refractivity contribution is -0.385. The van der Waals surface area contributed by atoms with Gasteiger partial charge in [0.2, 0.25) is 0 Å². The highest BCUT2D eigenvalue weighted by Gasteiger charge is 2.34. The Morgan fingerprint density at radius 2 is 1.86 bits per heavy atom. The molecule has 0 radical (unpaired) electrons. The molecule has 3 rings (SSSR count). The standard InChI is InChI=1S/C24H22N2O8S/c1-4-33-17-12-16(26(31)32)10-15(20(17)27)11-18-21(28)19(24(30)34-5-2)23(35-18)25-22(29)14-8-6-13(3)7-9-14/h6-12,27-28H,4-5H2,1-3H3/p-1/b18-11+,25-23?. The van der Waals surface area contributed by atoms with Gasteiger partial charge in [0.15, 0.2) is 0 Å². The minimum atomic E-state index is -0.909. The van der Waals surface area contributed by atoms with Crippen molar-refractivity contribution < 1.29 is 34.2 Å². The van der Waals surface area contributed by atoms with E-state index in [2.05, 4.69) is 4.99 Å². The maximum atomic E-state index is 12.7. The van der Waals surface area contributed by atoms with Gasteiger partial charge in [-0.05, 0) is 44.5 Å². The molecule has 35 heavy (non-hydrogen) atoms. The van der Waals surface area contributed by atoms with Crippen molar-refractivity contribution in [1.82, 2.24) is 0 Å². The Labute approximate surface area is 204 Å². The van der Waals surface area contributed by atoms with E-state index in [1.54, 1.807) is 38.1 Å². The molecule has 1 aliphatic heterocycles. The third-order valence-corrected chi connectivity index (χ3v) is 5.76. The third-order valence-electron chi connectivity index (χ3n) is 4.74. The number of aliphatic hydroxyl groups excluding tert-OH is 1. The number of nitro benzene ring substituents is 1. The van der Waals surface area contributed by atoms with Crippen LogP contribution < -0.4 is 9.84 Å². The number of ether oxygens (including phenoxy) is 2. The molecule has 10 nitrogen and oxygen atoms in total. The molecule has 1 heterocycles. The van der Waals surface area contributed by atoms with Crippen molar-refractivity contribution in [3.05, 3.63) is 79.4 Å². The first-order chi connectivity index (χ1) is 16.7. The highest BCUT2D eigenvalue weighted by Crippen LogP contribution is 2.42. The van der Waals surface area contributed by atoms with Gasteiger partial charge in [-0.25, -0.2) is 9.79 Å². The number of aliphatic imine (C=N–C) groups is 1. The molecule has 182 valence electrons. The summed E-state index contributed by atoms with van der Waals surface area (Å²) < 4.78 is 10.2. The Hall–Kier alpha value is -4.12. The van der Waals surface area contributed by atoms with Crippen LogP contribution in [0.3, 0.4) is 0 Å². The third kappa shape index (κ3) is 5.69. The minimum absolute atomic E-state index is 0.00577. The first-order valence-electron chi connectivity index (χ1n) is 10.5. The lowest BCUT2D eigenvalue weighted by atomic mass is 10.1. The zero-order chi connectivity index (χ0) is 25.7. The number of non-ortho nitro benzene ring substituents is 1. The largest absolute Gasteiger partial charge is 0.870 e. The van der Waals surface area contributed by atoms with Gasteiger partial charge in [-0.3, -0.25) is 14.9 Å². The lowest BCUT2D eigenvalue weighted by Crippen LogP contribution is -2.14. The van der Waals surface area contributed by atoms with Gasteiger partial charge in [0.05, 0.1) is 29.1 Å². The fourth-order valence-corrected chi connectivity index (χ4v) is 4.07. The molecule has 0 saturated heterocycles. The second-order valence-corrected chi connectivity index (χ2v) is 8.23. The van der Waals surface area contributed by atoms with Crippen LogP contribution >= 0.6 is 11.8 Å². The number of carbonyl (C=O) groups excluding carboxylic acids is 2. The van der Waals surface area contributed by atoms with E-state index in [4.69, 9.17) is 9.47 Å². The molecule has 0 fully saturated rings. The molecule has 0 aromatic heterocycles. The first-order valence-corrected chi connectivity index (χ1v) is 11.3. The maximum absolute atomic E-state index is 12.7.